The molecule has 0 heteroatoms. The van der Waals surface area contributed by atoms with Gasteiger partial charge in [-0.15, -0.1) is 0 Å². The molecule has 0 atom stereocenters. The van der Waals surface area contributed by atoms with Crippen LogP contribution in [0.3, 0.4) is 0 Å². The maximum atomic E-state index is 4.48. The highest BCUT2D eigenvalue weighted by molar-refractivity contribution is 5.72. The van der Waals surface area contributed by atoms with E-state index >= 15 is 0 Å². The maximum Gasteiger partial charge on any atom is -0.00137 e. The number of rotatable bonds is 4. The van der Waals surface area contributed by atoms with Gasteiger partial charge in [-0.3, -0.25) is 0 Å². The van der Waals surface area contributed by atoms with Crippen LogP contribution in [0, 0.1) is 5.41 Å². The van der Waals surface area contributed by atoms with E-state index < -0.39 is 0 Å². The van der Waals surface area contributed by atoms with Crippen molar-refractivity contribution >= 4 is 6.08 Å². The highest BCUT2D eigenvalue weighted by atomic mass is 14.3. The smallest absolute Gasteiger partial charge is 0.00137 e. The Balaban J connectivity index is 1.51. The zero-order valence-corrected chi connectivity index (χ0v) is 17.2. The Kier molecular flexibility index (Phi) is 4.46. The molecule has 0 N–H and O–H groups in total. The normalized spacial score (nSPS) is 19.0. The Bertz CT molecular complexity index is 962. The van der Waals surface area contributed by atoms with Crippen LogP contribution in [0.25, 0.3) is 6.08 Å². The van der Waals surface area contributed by atoms with Gasteiger partial charge < -0.3 is 0 Å². The Morgan fingerprint density at radius 2 is 1.81 bits per heavy atom. The second-order valence-electron chi connectivity index (χ2n) is 9.20. The van der Waals surface area contributed by atoms with Gasteiger partial charge in [-0.2, -0.15) is 0 Å². The minimum atomic E-state index is 0.238. The minimum absolute atomic E-state index is 0.238. The highest BCUT2D eigenvalue weighted by Gasteiger charge is 2.25. The SMILES string of the molecule is C=C(CC1=CCC=C1C1=Cc2ccccc2C1)C1=C(C)CC(C(C)(C)C)=C1. The number of benzene rings is 1. The molecule has 0 nitrogen and oxygen atoms in total. The third-order valence-electron chi connectivity index (χ3n) is 6.13. The number of hydrogen-bond donors (Lipinski definition) is 0. The van der Waals surface area contributed by atoms with Gasteiger partial charge in [0.15, 0.2) is 0 Å². The Labute approximate surface area is 164 Å². The lowest BCUT2D eigenvalue weighted by molar-refractivity contribution is 0.494. The van der Waals surface area contributed by atoms with Gasteiger partial charge in [0.05, 0.1) is 0 Å². The molecule has 3 aliphatic rings. The second-order valence-corrected chi connectivity index (χ2v) is 9.20. The van der Waals surface area contributed by atoms with E-state index in [9.17, 15) is 0 Å². The molecule has 0 heterocycles. The first kappa shape index (κ1) is 18.0. The van der Waals surface area contributed by atoms with Gasteiger partial charge >= 0.3 is 0 Å². The standard InChI is InChI=1S/C27H30/c1-18(26-17-24(14-19(26)2)27(3,4)5)13-22-11-8-12-25(22)23-15-20-9-6-7-10-21(20)16-23/h6-7,9-12,15,17H,1,8,13-14,16H2,2-5H3. The van der Waals surface area contributed by atoms with Crippen molar-refractivity contribution in [2.45, 2.75) is 53.4 Å². The van der Waals surface area contributed by atoms with Gasteiger partial charge in [0.25, 0.3) is 0 Å². The van der Waals surface area contributed by atoms with Crippen LogP contribution >= 0.6 is 0 Å². The largest absolute Gasteiger partial charge is 0.0949 e. The van der Waals surface area contributed by atoms with Crippen molar-refractivity contribution in [2.24, 2.45) is 5.41 Å². The quantitative estimate of drug-likeness (QED) is 0.524. The van der Waals surface area contributed by atoms with Gasteiger partial charge in [0.1, 0.15) is 0 Å². The Morgan fingerprint density at radius 1 is 1.04 bits per heavy atom. The van der Waals surface area contributed by atoms with Crippen molar-refractivity contribution in [2.75, 3.05) is 0 Å². The van der Waals surface area contributed by atoms with Gasteiger partial charge in [-0.1, -0.05) is 87.1 Å². The molecule has 1 aromatic carbocycles. The fourth-order valence-electron chi connectivity index (χ4n) is 4.46. The maximum absolute atomic E-state index is 4.48. The first-order valence-corrected chi connectivity index (χ1v) is 10.1. The predicted octanol–water partition coefficient (Wildman–Crippen LogP) is 7.52. The van der Waals surface area contributed by atoms with Crippen molar-refractivity contribution in [3.05, 3.63) is 99.2 Å². The molecular weight excluding hydrogens is 324 g/mol. The van der Waals surface area contributed by atoms with E-state index in [4.69, 9.17) is 0 Å². The monoisotopic (exact) mass is 354 g/mol. The van der Waals surface area contributed by atoms with Gasteiger partial charge in [-0.05, 0) is 77.0 Å². The summed E-state index contributed by atoms with van der Waals surface area (Å²) in [6.45, 7) is 13.7. The molecule has 3 aliphatic carbocycles. The zero-order chi connectivity index (χ0) is 19.2. The van der Waals surface area contributed by atoms with E-state index in [-0.39, 0.29) is 5.41 Å². The van der Waals surface area contributed by atoms with Crippen molar-refractivity contribution in [3.63, 3.8) is 0 Å². The average molecular weight is 355 g/mol. The van der Waals surface area contributed by atoms with E-state index in [1.165, 1.54) is 50.1 Å². The van der Waals surface area contributed by atoms with Gasteiger partial charge in [0.2, 0.25) is 0 Å². The van der Waals surface area contributed by atoms with E-state index in [1.54, 1.807) is 0 Å². The molecule has 0 saturated heterocycles. The zero-order valence-electron chi connectivity index (χ0n) is 17.2. The Morgan fingerprint density at radius 3 is 2.52 bits per heavy atom. The molecule has 0 amide bonds. The van der Waals surface area contributed by atoms with E-state index in [0.717, 1.165) is 25.7 Å². The number of fused-ring (bicyclic) bond motifs is 1. The lowest BCUT2D eigenvalue weighted by Crippen LogP contribution is -2.07. The van der Waals surface area contributed by atoms with Crippen molar-refractivity contribution in [1.82, 2.24) is 0 Å². The van der Waals surface area contributed by atoms with Crippen LogP contribution in [0.1, 0.15) is 58.1 Å². The fourth-order valence-corrected chi connectivity index (χ4v) is 4.46. The summed E-state index contributed by atoms with van der Waals surface area (Å²) < 4.78 is 0. The van der Waals surface area contributed by atoms with Crippen molar-refractivity contribution in [3.8, 4) is 0 Å². The molecule has 0 bridgehead atoms. The van der Waals surface area contributed by atoms with Crippen LogP contribution in [-0.4, -0.2) is 0 Å². The van der Waals surface area contributed by atoms with E-state index in [2.05, 4.69) is 82.8 Å². The summed E-state index contributed by atoms with van der Waals surface area (Å²) in [5, 5.41) is 0. The molecular formula is C27H30. The molecule has 1 aromatic rings. The molecule has 0 unspecified atom stereocenters. The Hall–Kier alpha value is -2.34. The topological polar surface area (TPSA) is 0 Å². The molecule has 0 aromatic heterocycles. The van der Waals surface area contributed by atoms with Crippen LogP contribution in [0.5, 0.6) is 0 Å². The molecule has 0 aliphatic heterocycles. The lowest BCUT2D eigenvalue weighted by Gasteiger charge is -2.20. The molecule has 0 spiro atoms. The van der Waals surface area contributed by atoms with Crippen molar-refractivity contribution in [1.29, 1.82) is 0 Å². The predicted molar refractivity (Wildman–Crippen MR) is 118 cm³/mol. The first-order chi connectivity index (χ1) is 12.8. The van der Waals surface area contributed by atoms with Crippen LogP contribution in [-0.2, 0) is 6.42 Å². The number of hydrogen-bond acceptors (Lipinski definition) is 0. The molecule has 27 heavy (non-hydrogen) atoms. The van der Waals surface area contributed by atoms with E-state index in [0.29, 0.717) is 0 Å². The molecule has 0 saturated carbocycles. The average Bonchev–Trinajstić information content (AvgIpc) is 3.30. The minimum Gasteiger partial charge on any atom is -0.0949 e. The summed E-state index contributed by atoms with van der Waals surface area (Å²) in [5.41, 5.74) is 13.1. The van der Waals surface area contributed by atoms with Gasteiger partial charge in [-0.25, -0.2) is 0 Å². The van der Waals surface area contributed by atoms with Crippen LogP contribution in [0.2, 0.25) is 0 Å². The summed E-state index contributed by atoms with van der Waals surface area (Å²) in [6, 6.07) is 8.76. The van der Waals surface area contributed by atoms with Gasteiger partial charge in [0, 0.05) is 0 Å². The number of allylic oxidation sites excluding steroid dienone is 10. The van der Waals surface area contributed by atoms with Crippen molar-refractivity contribution < 1.29 is 0 Å². The first-order valence-electron chi connectivity index (χ1n) is 10.1. The third-order valence-corrected chi connectivity index (χ3v) is 6.13. The second kappa shape index (κ2) is 6.68. The van der Waals surface area contributed by atoms with Crippen LogP contribution in [0.15, 0.2) is 88.1 Å². The van der Waals surface area contributed by atoms with E-state index in [1.807, 2.05) is 0 Å². The lowest BCUT2D eigenvalue weighted by atomic mass is 9.85. The summed E-state index contributed by atoms with van der Waals surface area (Å²) in [4.78, 5) is 0. The summed E-state index contributed by atoms with van der Waals surface area (Å²) in [7, 11) is 0. The molecule has 4 rings (SSSR count). The highest BCUT2D eigenvalue weighted by Crippen LogP contribution is 2.42. The summed E-state index contributed by atoms with van der Waals surface area (Å²) >= 11 is 0. The molecule has 138 valence electrons. The molecule has 0 fully saturated rings. The van der Waals surface area contributed by atoms with Crippen LogP contribution < -0.4 is 0 Å². The van der Waals surface area contributed by atoms with Crippen LogP contribution in [0.4, 0.5) is 0 Å². The summed E-state index contributed by atoms with van der Waals surface area (Å²) in [6.07, 6.45) is 13.7. The fraction of sp³-hybridized carbons (Fsp3) is 0.333. The summed E-state index contributed by atoms with van der Waals surface area (Å²) in [5.74, 6) is 0. The molecule has 0 radical (unpaired) electrons. The third kappa shape index (κ3) is 3.46.